The Balaban J connectivity index is 2.93. The minimum Gasteiger partial charge on any atom is -0.581 e. The second-order valence-corrected chi connectivity index (χ2v) is 1.19. The van der Waals surface area contributed by atoms with Crippen molar-refractivity contribution in [3.63, 3.8) is 0 Å². The molecule has 8 heavy (non-hydrogen) atoms. The van der Waals surface area contributed by atoms with Crippen molar-refractivity contribution in [1.82, 2.24) is 4.98 Å². The minimum atomic E-state index is -0.602. The van der Waals surface area contributed by atoms with E-state index in [-0.39, 0.29) is 5.69 Å². The molecule has 0 saturated heterocycles. The maximum atomic E-state index is 10.1. The van der Waals surface area contributed by atoms with E-state index in [1.807, 2.05) is 0 Å². The smallest absolute Gasteiger partial charge is 0.202 e. The topological polar surface area (TPSA) is 69.1 Å². The lowest BCUT2D eigenvalue weighted by Crippen LogP contribution is -2.10. The van der Waals surface area contributed by atoms with Crippen LogP contribution in [0.5, 0.6) is 0 Å². The molecule has 0 aliphatic rings. The largest absolute Gasteiger partial charge is 0.581 e. The highest BCUT2D eigenvalue weighted by Gasteiger charge is 1.88. The second kappa shape index (κ2) is 1.65. The highest BCUT2D eigenvalue weighted by Crippen LogP contribution is 1.88. The normalized spacial score (nSPS) is 9.00. The summed E-state index contributed by atoms with van der Waals surface area (Å²) in [5, 5.41) is 0. The van der Waals surface area contributed by atoms with Crippen LogP contribution in [0.3, 0.4) is 0 Å². The molecule has 1 amide bonds. The summed E-state index contributed by atoms with van der Waals surface area (Å²) in [5.41, 5.74) is 4.88. The molecule has 0 aliphatic carbocycles. The number of nitrogens with two attached hydrogens (primary N) is 1. The van der Waals surface area contributed by atoms with Crippen LogP contribution in [-0.4, -0.2) is 10.9 Å². The van der Waals surface area contributed by atoms with Gasteiger partial charge in [-0.3, -0.25) is 4.79 Å². The van der Waals surface area contributed by atoms with Crippen LogP contribution in [-0.2, 0) is 0 Å². The maximum absolute atomic E-state index is 10.1. The van der Waals surface area contributed by atoms with Crippen LogP contribution >= 0.6 is 0 Å². The van der Waals surface area contributed by atoms with Crippen molar-refractivity contribution in [2.24, 2.45) is 5.73 Å². The molecule has 1 heterocycles. The molecule has 0 atom stereocenters. The molecular weight excluding hydrogens is 108 g/mol. The molecule has 0 unspecified atom stereocenters. The van der Waals surface area contributed by atoms with Gasteiger partial charge in [0.05, 0.1) is 0 Å². The van der Waals surface area contributed by atoms with E-state index in [0.717, 1.165) is 6.26 Å². The predicted molar refractivity (Wildman–Crippen MR) is 23.9 cm³/mol. The SMILES string of the molecule is NC(=O)c1co[c-]n1. The van der Waals surface area contributed by atoms with E-state index in [4.69, 9.17) is 5.73 Å². The van der Waals surface area contributed by atoms with Gasteiger partial charge in [0.25, 0.3) is 0 Å². The Bertz CT molecular complexity index is 180. The zero-order valence-electron chi connectivity index (χ0n) is 3.92. The predicted octanol–water partition coefficient (Wildman–Crippen LogP) is -0.426. The number of nitrogens with zero attached hydrogens (tertiary/aromatic N) is 1. The van der Waals surface area contributed by atoms with Gasteiger partial charge in [-0.05, 0) is 6.26 Å². The lowest BCUT2D eigenvalue weighted by atomic mass is 10.5. The molecule has 4 heteroatoms. The fourth-order valence-corrected chi connectivity index (χ4v) is 0.297. The van der Waals surface area contributed by atoms with Gasteiger partial charge in [0, 0.05) is 5.69 Å². The van der Waals surface area contributed by atoms with E-state index in [0.29, 0.717) is 0 Å². The monoisotopic (exact) mass is 111 g/mol. The number of rotatable bonds is 1. The summed E-state index contributed by atoms with van der Waals surface area (Å²) >= 11 is 0. The first-order valence-corrected chi connectivity index (χ1v) is 1.92. The molecular formula is C4H3N2O2-. The lowest BCUT2D eigenvalue weighted by Gasteiger charge is -1.87. The summed E-state index contributed by atoms with van der Waals surface area (Å²) in [6.45, 7) is 0. The minimum absolute atomic E-state index is 0.102. The van der Waals surface area contributed by atoms with Gasteiger partial charge in [-0.15, -0.1) is 0 Å². The summed E-state index contributed by atoms with van der Waals surface area (Å²) in [5.74, 6) is -0.602. The van der Waals surface area contributed by atoms with Crippen LogP contribution in [0.1, 0.15) is 10.5 Å². The van der Waals surface area contributed by atoms with Gasteiger partial charge in [0.15, 0.2) is 0 Å². The average molecular weight is 111 g/mol. The van der Waals surface area contributed by atoms with Crippen LogP contribution in [0.4, 0.5) is 0 Å². The molecule has 0 spiro atoms. The molecule has 0 aliphatic heterocycles. The van der Waals surface area contributed by atoms with E-state index in [2.05, 4.69) is 15.8 Å². The summed E-state index contributed by atoms with van der Waals surface area (Å²) in [7, 11) is 0. The molecule has 0 saturated carbocycles. The Morgan fingerprint density at radius 2 is 2.75 bits per heavy atom. The number of aromatic nitrogens is 1. The van der Waals surface area contributed by atoms with Gasteiger partial charge in [-0.25, -0.2) is 0 Å². The van der Waals surface area contributed by atoms with E-state index < -0.39 is 5.91 Å². The van der Waals surface area contributed by atoms with Crippen molar-refractivity contribution >= 4 is 5.91 Å². The van der Waals surface area contributed by atoms with Crippen molar-refractivity contribution in [3.05, 3.63) is 18.4 Å². The van der Waals surface area contributed by atoms with Crippen molar-refractivity contribution in [2.75, 3.05) is 0 Å². The van der Waals surface area contributed by atoms with Crippen LogP contribution in [0.2, 0.25) is 0 Å². The quantitative estimate of drug-likeness (QED) is 0.500. The first-order chi connectivity index (χ1) is 3.80. The molecule has 42 valence electrons. The summed E-state index contributed by atoms with van der Waals surface area (Å²) in [6, 6.07) is 0. The van der Waals surface area contributed by atoms with Crippen LogP contribution in [0.25, 0.3) is 0 Å². The first-order valence-electron chi connectivity index (χ1n) is 1.92. The molecule has 0 bridgehead atoms. The fraction of sp³-hybridized carbons (Fsp3) is 0. The third-order valence-corrected chi connectivity index (χ3v) is 0.642. The Morgan fingerprint density at radius 1 is 2.00 bits per heavy atom. The maximum Gasteiger partial charge on any atom is 0.202 e. The zero-order chi connectivity index (χ0) is 5.98. The standard InChI is InChI=1S/C4H3N2O2/c5-4(7)3-1-8-2-6-3/h1H,(H2,5,7)/q-1. The number of hydrogen-bond acceptors (Lipinski definition) is 3. The van der Waals surface area contributed by atoms with E-state index >= 15 is 0 Å². The van der Waals surface area contributed by atoms with Gasteiger partial charge in [0.1, 0.15) is 6.39 Å². The molecule has 1 aromatic heterocycles. The zero-order valence-corrected chi connectivity index (χ0v) is 3.92. The first kappa shape index (κ1) is 4.83. The Hall–Kier alpha value is -1.32. The van der Waals surface area contributed by atoms with E-state index in [1.165, 1.54) is 0 Å². The highest BCUT2D eigenvalue weighted by molar-refractivity contribution is 5.90. The summed E-state index contributed by atoms with van der Waals surface area (Å²) < 4.78 is 4.34. The Kier molecular flexibility index (Phi) is 0.997. The van der Waals surface area contributed by atoms with Gasteiger partial charge < -0.3 is 15.1 Å². The highest BCUT2D eigenvalue weighted by atomic mass is 16.3. The van der Waals surface area contributed by atoms with Crippen LogP contribution in [0.15, 0.2) is 10.7 Å². The molecule has 0 fully saturated rings. The van der Waals surface area contributed by atoms with E-state index in [9.17, 15) is 4.79 Å². The van der Waals surface area contributed by atoms with Crippen molar-refractivity contribution in [3.8, 4) is 0 Å². The third kappa shape index (κ3) is 0.676. The van der Waals surface area contributed by atoms with Gasteiger partial charge in [-0.1, -0.05) is 0 Å². The number of amides is 1. The molecule has 4 nitrogen and oxygen atoms in total. The van der Waals surface area contributed by atoms with Crippen LogP contribution < -0.4 is 5.73 Å². The Labute approximate surface area is 45.3 Å². The lowest BCUT2D eigenvalue weighted by molar-refractivity contribution is 0.0995. The van der Waals surface area contributed by atoms with Crippen molar-refractivity contribution in [2.45, 2.75) is 0 Å². The second-order valence-electron chi connectivity index (χ2n) is 1.19. The summed E-state index contributed by atoms with van der Waals surface area (Å²) in [6.07, 6.45) is 3.23. The number of carbonyl (C=O) groups is 1. The van der Waals surface area contributed by atoms with Gasteiger partial charge in [0.2, 0.25) is 5.91 Å². The summed E-state index contributed by atoms with van der Waals surface area (Å²) in [4.78, 5) is 13.5. The van der Waals surface area contributed by atoms with Crippen molar-refractivity contribution in [1.29, 1.82) is 0 Å². The van der Waals surface area contributed by atoms with Crippen LogP contribution in [0, 0.1) is 6.39 Å². The van der Waals surface area contributed by atoms with Gasteiger partial charge in [-0.2, -0.15) is 0 Å². The number of hydrogen-bond donors (Lipinski definition) is 1. The molecule has 2 N–H and O–H groups in total. The third-order valence-electron chi connectivity index (χ3n) is 0.642. The molecule has 1 rings (SSSR count). The number of oxazole rings is 1. The number of carbonyl (C=O) groups excluding carboxylic acids is 1. The fourth-order valence-electron chi connectivity index (χ4n) is 0.297. The van der Waals surface area contributed by atoms with Gasteiger partial charge >= 0.3 is 0 Å². The number of primary amides is 1. The molecule has 0 radical (unpaired) electrons. The molecule has 0 aromatic carbocycles. The van der Waals surface area contributed by atoms with E-state index in [1.54, 1.807) is 0 Å². The average Bonchev–Trinajstić information content (AvgIpc) is 2.12. The Morgan fingerprint density at radius 3 is 3.00 bits per heavy atom. The van der Waals surface area contributed by atoms with Crippen molar-refractivity contribution < 1.29 is 9.21 Å². The molecule has 1 aromatic rings.